The summed E-state index contributed by atoms with van der Waals surface area (Å²) in [6.07, 6.45) is 7.81. The van der Waals surface area contributed by atoms with Crippen molar-refractivity contribution < 1.29 is 4.39 Å². The highest BCUT2D eigenvalue weighted by atomic mass is 79.9. The van der Waals surface area contributed by atoms with Gasteiger partial charge in [-0.2, -0.15) is 0 Å². The monoisotopic (exact) mass is 354 g/mol. The van der Waals surface area contributed by atoms with Gasteiger partial charge in [0.1, 0.15) is 5.82 Å². The van der Waals surface area contributed by atoms with Gasteiger partial charge in [0.2, 0.25) is 0 Å². The molecule has 1 aliphatic heterocycles. The predicted molar refractivity (Wildman–Crippen MR) is 89.3 cm³/mol. The third-order valence-electron chi connectivity index (χ3n) is 4.90. The van der Waals surface area contributed by atoms with Crippen LogP contribution in [-0.4, -0.2) is 25.7 Å². The first-order chi connectivity index (χ1) is 10.3. The molecule has 1 aromatic carbocycles. The number of nitrogens with zero attached hydrogens (tertiary/aromatic N) is 1. The third kappa shape index (κ3) is 3.59. The molecule has 1 aliphatic carbocycles. The van der Waals surface area contributed by atoms with Crippen LogP contribution >= 0.6 is 15.9 Å². The molecule has 1 saturated heterocycles. The van der Waals surface area contributed by atoms with Crippen LogP contribution in [-0.2, 0) is 0 Å². The van der Waals surface area contributed by atoms with Crippen molar-refractivity contribution in [1.29, 1.82) is 0 Å². The molecule has 116 valence electrons. The van der Waals surface area contributed by atoms with Gasteiger partial charge in [-0.25, -0.2) is 4.39 Å². The maximum absolute atomic E-state index is 14.2. The van der Waals surface area contributed by atoms with E-state index in [1.54, 1.807) is 12.1 Å². The molecule has 0 spiro atoms. The zero-order chi connectivity index (χ0) is 14.7. The van der Waals surface area contributed by atoms with E-state index in [-0.39, 0.29) is 5.82 Å². The summed E-state index contributed by atoms with van der Waals surface area (Å²) in [5.74, 6) is 0.638. The molecule has 2 nitrogen and oxygen atoms in total. The fraction of sp³-hybridized carbons (Fsp3) is 0.647. The molecule has 1 unspecified atom stereocenters. The first-order valence-electron chi connectivity index (χ1n) is 8.18. The Hall–Kier alpha value is -0.610. The highest BCUT2D eigenvalue weighted by molar-refractivity contribution is 9.10. The Morgan fingerprint density at radius 2 is 1.95 bits per heavy atom. The molecule has 1 heterocycles. The number of nitrogens with one attached hydrogen (secondary N) is 1. The van der Waals surface area contributed by atoms with Crippen LogP contribution in [0.15, 0.2) is 22.7 Å². The molecule has 21 heavy (non-hydrogen) atoms. The van der Waals surface area contributed by atoms with Crippen LogP contribution in [0.1, 0.15) is 38.5 Å². The van der Waals surface area contributed by atoms with Gasteiger partial charge in [0.05, 0.1) is 5.69 Å². The Labute approximate surface area is 135 Å². The van der Waals surface area contributed by atoms with Crippen LogP contribution in [0.25, 0.3) is 0 Å². The molecule has 2 aliphatic rings. The number of hydrogen-bond acceptors (Lipinski definition) is 2. The third-order valence-corrected chi connectivity index (χ3v) is 5.54. The molecule has 1 N–H and O–H groups in total. The summed E-state index contributed by atoms with van der Waals surface area (Å²) in [5, 5.41) is 3.71. The number of hydrogen-bond donors (Lipinski definition) is 1. The lowest BCUT2D eigenvalue weighted by Crippen LogP contribution is -2.44. The quantitative estimate of drug-likeness (QED) is 0.849. The molecule has 2 fully saturated rings. The van der Waals surface area contributed by atoms with Crippen LogP contribution in [0.2, 0.25) is 0 Å². The predicted octanol–water partition coefficient (Wildman–Crippen LogP) is 4.34. The summed E-state index contributed by atoms with van der Waals surface area (Å²) in [7, 11) is 0. The summed E-state index contributed by atoms with van der Waals surface area (Å²) in [5.41, 5.74) is 0.738. The van der Waals surface area contributed by atoms with Gasteiger partial charge in [-0.3, -0.25) is 0 Å². The molecule has 1 aromatic rings. The van der Waals surface area contributed by atoms with E-state index in [1.165, 1.54) is 32.1 Å². The molecule has 1 atom stereocenters. The van der Waals surface area contributed by atoms with Crippen molar-refractivity contribution in [2.24, 2.45) is 5.92 Å². The molecule has 0 amide bonds. The lowest BCUT2D eigenvalue weighted by Gasteiger charge is -2.34. The van der Waals surface area contributed by atoms with Gasteiger partial charge in [0.25, 0.3) is 0 Å². The summed E-state index contributed by atoms with van der Waals surface area (Å²) in [6.45, 7) is 2.89. The van der Waals surface area contributed by atoms with Crippen molar-refractivity contribution in [3.05, 3.63) is 28.5 Å². The summed E-state index contributed by atoms with van der Waals surface area (Å²) < 4.78 is 15.1. The SMILES string of the molecule is Fc1cccc(Br)c1N1CCCNC(C2CCCCC2)C1. The van der Waals surface area contributed by atoms with Gasteiger partial charge >= 0.3 is 0 Å². The van der Waals surface area contributed by atoms with E-state index in [1.807, 2.05) is 6.07 Å². The number of benzene rings is 1. The normalized spacial score (nSPS) is 24.9. The second kappa shape index (κ2) is 7.10. The minimum Gasteiger partial charge on any atom is -0.367 e. The smallest absolute Gasteiger partial charge is 0.147 e. The summed E-state index contributed by atoms with van der Waals surface area (Å²) in [4.78, 5) is 2.23. The second-order valence-electron chi connectivity index (χ2n) is 6.33. The van der Waals surface area contributed by atoms with Crippen LogP contribution in [0.3, 0.4) is 0 Å². The zero-order valence-electron chi connectivity index (χ0n) is 12.5. The molecular weight excluding hydrogens is 331 g/mol. The Morgan fingerprint density at radius 1 is 1.14 bits per heavy atom. The van der Waals surface area contributed by atoms with E-state index in [0.29, 0.717) is 6.04 Å². The van der Waals surface area contributed by atoms with Crippen LogP contribution in [0, 0.1) is 11.7 Å². The maximum Gasteiger partial charge on any atom is 0.147 e. The second-order valence-corrected chi connectivity index (χ2v) is 7.18. The lowest BCUT2D eigenvalue weighted by atomic mass is 9.83. The Balaban J connectivity index is 1.78. The van der Waals surface area contributed by atoms with E-state index in [2.05, 4.69) is 26.1 Å². The fourth-order valence-corrected chi connectivity index (χ4v) is 4.39. The largest absolute Gasteiger partial charge is 0.367 e. The Kier molecular flexibility index (Phi) is 5.17. The molecule has 0 radical (unpaired) electrons. The number of rotatable bonds is 2. The Morgan fingerprint density at radius 3 is 2.71 bits per heavy atom. The lowest BCUT2D eigenvalue weighted by molar-refractivity contribution is 0.277. The van der Waals surface area contributed by atoms with E-state index < -0.39 is 0 Å². The maximum atomic E-state index is 14.2. The fourth-order valence-electron chi connectivity index (χ4n) is 3.80. The van der Waals surface area contributed by atoms with Crippen molar-refractivity contribution in [2.45, 2.75) is 44.6 Å². The average Bonchev–Trinajstić information content (AvgIpc) is 2.74. The molecule has 0 aromatic heterocycles. The van der Waals surface area contributed by atoms with E-state index >= 15 is 0 Å². The summed E-state index contributed by atoms with van der Waals surface area (Å²) >= 11 is 3.52. The van der Waals surface area contributed by atoms with Gasteiger partial charge in [-0.05, 0) is 59.8 Å². The molecule has 4 heteroatoms. The van der Waals surface area contributed by atoms with Crippen molar-refractivity contribution in [1.82, 2.24) is 5.32 Å². The van der Waals surface area contributed by atoms with E-state index in [0.717, 1.165) is 42.1 Å². The van der Waals surface area contributed by atoms with Gasteiger partial charge in [-0.1, -0.05) is 25.3 Å². The summed E-state index contributed by atoms with van der Waals surface area (Å²) in [6, 6.07) is 5.76. The van der Waals surface area contributed by atoms with Crippen LogP contribution < -0.4 is 10.2 Å². The number of halogens is 2. The van der Waals surface area contributed by atoms with Gasteiger partial charge in [0, 0.05) is 23.6 Å². The number of anilines is 1. The van der Waals surface area contributed by atoms with Crippen molar-refractivity contribution in [3.63, 3.8) is 0 Å². The first-order valence-corrected chi connectivity index (χ1v) is 8.97. The highest BCUT2D eigenvalue weighted by Gasteiger charge is 2.28. The van der Waals surface area contributed by atoms with E-state index in [9.17, 15) is 4.39 Å². The molecular formula is C17H24BrFN2. The van der Waals surface area contributed by atoms with E-state index in [4.69, 9.17) is 0 Å². The van der Waals surface area contributed by atoms with Gasteiger partial charge in [-0.15, -0.1) is 0 Å². The first kappa shape index (κ1) is 15.3. The topological polar surface area (TPSA) is 15.3 Å². The highest BCUT2D eigenvalue weighted by Crippen LogP contribution is 2.32. The Bertz CT molecular complexity index is 454. The average molecular weight is 355 g/mol. The number of para-hydroxylation sites is 1. The minimum absolute atomic E-state index is 0.117. The molecule has 0 bridgehead atoms. The zero-order valence-corrected chi connectivity index (χ0v) is 14.0. The molecule has 1 saturated carbocycles. The van der Waals surface area contributed by atoms with Crippen LogP contribution in [0.5, 0.6) is 0 Å². The van der Waals surface area contributed by atoms with Gasteiger partial charge in [0.15, 0.2) is 0 Å². The van der Waals surface area contributed by atoms with Crippen LogP contribution in [0.4, 0.5) is 10.1 Å². The van der Waals surface area contributed by atoms with Crippen molar-refractivity contribution in [2.75, 3.05) is 24.5 Å². The molecule has 3 rings (SSSR count). The van der Waals surface area contributed by atoms with Crippen molar-refractivity contribution >= 4 is 21.6 Å². The minimum atomic E-state index is -0.117. The van der Waals surface area contributed by atoms with Crippen molar-refractivity contribution in [3.8, 4) is 0 Å². The standard InChI is InChI=1S/C17H24BrFN2/c18-14-8-4-9-15(19)17(14)21-11-5-10-20-16(12-21)13-6-2-1-3-7-13/h4,8-9,13,16,20H,1-3,5-7,10-12H2. The van der Waals surface area contributed by atoms with Gasteiger partial charge < -0.3 is 10.2 Å².